The zero-order chi connectivity index (χ0) is 16.2. The summed E-state index contributed by atoms with van der Waals surface area (Å²) in [5.41, 5.74) is 2.09. The number of nitrogens with zero attached hydrogens (tertiary/aromatic N) is 2. The number of amides is 1. The van der Waals surface area contributed by atoms with Crippen molar-refractivity contribution in [3.63, 3.8) is 0 Å². The molecule has 1 amide bonds. The fraction of sp³-hybridized carbons (Fsp3) is 0.118. The Hall–Kier alpha value is -2.86. The van der Waals surface area contributed by atoms with Crippen molar-refractivity contribution < 1.29 is 14.3 Å². The monoisotopic (exact) mass is 311 g/mol. The Labute approximate surface area is 131 Å². The summed E-state index contributed by atoms with van der Waals surface area (Å²) in [5.74, 6) is -0.749. The first-order valence-corrected chi connectivity index (χ1v) is 7.06. The molecule has 2 N–H and O–H groups in total. The number of hydrogen-bond acceptors (Lipinski definition) is 4. The van der Waals surface area contributed by atoms with Crippen molar-refractivity contribution in [2.24, 2.45) is 0 Å². The molecular formula is C17H14FN3O2. The molecule has 0 unspecified atom stereocenters. The van der Waals surface area contributed by atoms with Gasteiger partial charge in [-0.15, -0.1) is 0 Å². The van der Waals surface area contributed by atoms with Gasteiger partial charge in [-0.2, -0.15) is 0 Å². The van der Waals surface area contributed by atoms with Crippen LogP contribution in [0.15, 0.2) is 54.9 Å². The van der Waals surface area contributed by atoms with E-state index in [2.05, 4.69) is 15.3 Å². The van der Waals surface area contributed by atoms with Crippen LogP contribution < -0.4 is 5.32 Å². The van der Waals surface area contributed by atoms with E-state index in [4.69, 9.17) is 0 Å². The third-order valence-corrected chi connectivity index (χ3v) is 3.50. The van der Waals surface area contributed by atoms with Crippen LogP contribution in [0.2, 0.25) is 0 Å². The Morgan fingerprint density at radius 1 is 1.13 bits per heavy atom. The van der Waals surface area contributed by atoms with Crippen LogP contribution in [0.5, 0.6) is 0 Å². The first kappa shape index (κ1) is 15.1. The Balaban J connectivity index is 1.88. The molecule has 0 fully saturated rings. The molecule has 6 heteroatoms. The fourth-order valence-electron chi connectivity index (χ4n) is 2.34. The maximum Gasteiger partial charge on any atom is 0.254 e. The smallest absolute Gasteiger partial charge is 0.254 e. The van der Waals surface area contributed by atoms with Crippen LogP contribution in [0.3, 0.4) is 0 Å². The van der Waals surface area contributed by atoms with Gasteiger partial charge in [0.15, 0.2) is 0 Å². The van der Waals surface area contributed by atoms with Gasteiger partial charge in [0.1, 0.15) is 11.3 Å². The summed E-state index contributed by atoms with van der Waals surface area (Å²) in [6.07, 6.45) is 3.07. The second-order valence-electron chi connectivity index (χ2n) is 4.99. The highest BCUT2D eigenvalue weighted by Gasteiger charge is 2.17. The third-order valence-electron chi connectivity index (χ3n) is 3.50. The van der Waals surface area contributed by atoms with E-state index in [1.54, 1.807) is 24.4 Å². The summed E-state index contributed by atoms with van der Waals surface area (Å²) in [7, 11) is 0. The summed E-state index contributed by atoms with van der Waals surface area (Å²) in [6, 6.07) is 10.1. The summed E-state index contributed by atoms with van der Waals surface area (Å²) >= 11 is 0. The molecule has 0 radical (unpaired) electrons. The molecule has 0 spiro atoms. The van der Waals surface area contributed by atoms with E-state index >= 15 is 0 Å². The molecule has 3 rings (SSSR count). The van der Waals surface area contributed by atoms with Gasteiger partial charge >= 0.3 is 0 Å². The maximum absolute atomic E-state index is 13.0. The van der Waals surface area contributed by atoms with E-state index in [-0.39, 0.29) is 18.3 Å². The number of nitrogens with one attached hydrogen (secondary N) is 1. The van der Waals surface area contributed by atoms with E-state index in [1.807, 2.05) is 0 Å². The Bertz CT molecular complexity index is 831. The number of hydrogen-bond donors (Lipinski definition) is 2. The van der Waals surface area contributed by atoms with Crippen molar-refractivity contribution >= 4 is 16.9 Å². The quantitative estimate of drug-likeness (QED) is 0.775. The second kappa shape index (κ2) is 6.50. The van der Waals surface area contributed by atoms with Gasteiger partial charge in [-0.1, -0.05) is 18.2 Å². The SMILES string of the molecule is O=C(N[C@H](CO)c1ccc(F)cc1)c1cccc2nccnc12. The van der Waals surface area contributed by atoms with Crippen LogP contribution in [0.25, 0.3) is 11.0 Å². The molecule has 0 aliphatic carbocycles. The molecule has 1 heterocycles. The lowest BCUT2D eigenvalue weighted by atomic mass is 10.1. The molecule has 23 heavy (non-hydrogen) atoms. The van der Waals surface area contributed by atoms with E-state index in [9.17, 15) is 14.3 Å². The average molecular weight is 311 g/mol. The maximum atomic E-state index is 13.0. The lowest BCUT2D eigenvalue weighted by Gasteiger charge is -2.17. The van der Waals surface area contributed by atoms with Crippen molar-refractivity contribution in [1.82, 2.24) is 15.3 Å². The number of fused-ring (bicyclic) bond motifs is 1. The Kier molecular flexibility index (Phi) is 4.25. The molecule has 116 valence electrons. The lowest BCUT2D eigenvalue weighted by molar-refractivity contribution is 0.0917. The highest BCUT2D eigenvalue weighted by Crippen LogP contribution is 2.17. The fourth-order valence-corrected chi connectivity index (χ4v) is 2.34. The molecular weight excluding hydrogens is 297 g/mol. The van der Waals surface area contributed by atoms with E-state index in [1.165, 1.54) is 30.5 Å². The van der Waals surface area contributed by atoms with Crippen molar-refractivity contribution in [2.45, 2.75) is 6.04 Å². The minimum Gasteiger partial charge on any atom is -0.394 e. The van der Waals surface area contributed by atoms with Gasteiger partial charge in [0.2, 0.25) is 0 Å². The van der Waals surface area contributed by atoms with Crippen LogP contribution in [0.1, 0.15) is 22.0 Å². The number of halogens is 1. The van der Waals surface area contributed by atoms with Gasteiger partial charge in [-0.25, -0.2) is 4.39 Å². The molecule has 1 atom stereocenters. The minimum atomic E-state index is -0.630. The van der Waals surface area contributed by atoms with Crippen molar-refractivity contribution in [1.29, 1.82) is 0 Å². The third kappa shape index (κ3) is 3.17. The van der Waals surface area contributed by atoms with Gasteiger partial charge in [0.05, 0.1) is 23.7 Å². The van der Waals surface area contributed by atoms with Crippen molar-refractivity contribution in [3.05, 3.63) is 71.8 Å². The predicted octanol–water partition coefficient (Wildman–Crippen LogP) is 2.23. The van der Waals surface area contributed by atoms with Crippen LogP contribution in [-0.2, 0) is 0 Å². The van der Waals surface area contributed by atoms with Gasteiger partial charge in [-0.3, -0.25) is 14.8 Å². The number of aliphatic hydroxyl groups excluding tert-OH is 1. The molecule has 3 aromatic rings. The summed E-state index contributed by atoms with van der Waals surface area (Å²) in [5, 5.41) is 12.3. The van der Waals surface area contributed by atoms with Gasteiger partial charge in [0.25, 0.3) is 5.91 Å². The van der Waals surface area contributed by atoms with Crippen LogP contribution >= 0.6 is 0 Å². The van der Waals surface area contributed by atoms with E-state index < -0.39 is 6.04 Å². The molecule has 0 saturated carbocycles. The van der Waals surface area contributed by atoms with Crippen molar-refractivity contribution in [2.75, 3.05) is 6.61 Å². The average Bonchev–Trinajstić information content (AvgIpc) is 2.60. The van der Waals surface area contributed by atoms with Crippen LogP contribution in [-0.4, -0.2) is 27.6 Å². The molecule has 0 aliphatic rings. The highest BCUT2D eigenvalue weighted by atomic mass is 19.1. The largest absolute Gasteiger partial charge is 0.394 e. The number of benzene rings is 2. The molecule has 5 nitrogen and oxygen atoms in total. The number of rotatable bonds is 4. The molecule has 0 aliphatic heterocycles. The van der Waals surface area contributed by atoms with Crippen molar-refractivity contribution in [3.8, 4) is 0 Å². The van der Waals surface area contributed by atoms with E-state index in [0.29, 0.717) is 22.2 Å². The number of aliphatic hydroxyl groups is 1. The summed E-state index contributed by atoms with van der Waals surface area (Å²) in [4.78, 5) is 20.8. The summed E-state index contributed by atoms with van der Waals surface area (Å²) in [6.45, 7) is -0.298. The topological polar surface area (TPSA) is 75.1 Å². The molecule has 2 aromatic carbocycles. The zero-order valence-electron chi connectivity index (χ0n) is 12.1. The van der Waals surface area contributed by atoms with E-state index in [0.717, 1.165) is 0 Å². The Morgan fingerprint density at radius 3 is 2.61 bits per heavy atom. The lowest BCUT2D eigenvalue weighted by Crippen LogP contribution is -2.31. The number of aromatic nitrogens is 2. The van der Waals surface area contributed by atoms with Gasteiger partial charge in [0, 0.05) is 12.4 Å². The predicted molar refractivity (Wildman–Crippen MR) is 83.2 cm³/mol. The minimum absolute atomic E-state index is 0.298. The molecule has 0 bridgehead atoms. The van der Waals surface area contributed by atoms with Gasteiger partial charge in [-0.05, 0) is 29.8 Å². The zero-order valence-corrected chi connectivity index (χ0v) is 12.1. The first-order chi connectivity index (χ1) is 11.2. The molecule has 1 aromatic heterocycles. The molecule has 0 saturated heterocycles. The number of carbonyl (C=O) groups is 1. The van der Waals surface area contributed by atoms with Crippen LogP contribution in [0, 0.1) is 5.82 Å². The Morgan fingerprint density at radius 2 is 1.87 bits per heavy atom. The first-order valence-electron chi connectivity index (χ1n) is 7.06. The number of para-hydroxylation sites is 1. The normalized spacial score (nSPS) is 12.1. The van der Waals surface area contributed by atoms with Gasteiger partial charge < -0.3 is 10.4 Å². The number of carbonyl (C=O) groups excluding carboxylic acids is 1. The highest BCUT2D eigenvalue weighted by molar-refractivity contribution is 6.04. The second-order valence-corrected chi connectivity index (χ2v) is 4.99. The standard InChI is InChI=1S/C17H14FN3O2/c18-12-6-4-11(5-7-12)15(10-22)21-17(23)13-2-1-3-14-16(13)20-9-8-19-14/h1-9,15,22H,10H2,(H,21,23)/t15-/m1/s1. The summed E-state index contributed by atoms with van der Waals surface area (Å²) < 4.78 is 13.0. The van der Waals surface area contributed by atoms with Crippen LogP contribution in [0.4, 0.5) is 4.39 Å².